The van der Waals surface area contributed by atoms with Crippen molar-refractivity contribution >= 4 is 11.8 Å². The molecule has 0 aliphatic heterocycles. The van der Waals surface area contributed by atoms with Crippen LogP contribution in [0.15, 0.2) is 12.2 Å². The summed E-state index contributed by atoms with van der Waals surface area (Å²) < 4.78 is 4.53. The number of unbranched alkanes of at least 4 members (excludes halogenated alkanes) is 1. The summed E-state index contributed by atoms with van der Waals surface area (Å²) in [6, 6.07) is 0. The molecule has 0 heterocycles. The number of rotatable bonds is 6. The highest BCUT2D eigenvalue weighted by Gasteiger charge is 2.23. The van der Waals surface area contributed by atoms with Gasteiger partial charge in [-0.1, -0.05) is 27.4 Å². The zero-order chi connectivity index (χ0) is 12.8. The number of allylic oxidation sites excluding steroid dienone is 1. The average Bonchev–Trinajstić information content (AvgIpc) is 2.21. The van der Waals surface area contributed by atoms with Crippen molar-refractivity contribution in [3.63, 3.8) is 0 Å². The Bertz CT molecular complexity index is 271. The molecule has 16 heavy (non-hydrogen) atoms. The number of ketones is 1. The summed E-state index contributed by atoms with van der Waals surface area (Å²) in [5.74, 6) is -0.0988. The van der Waals surface area contributed by atoms with E-state index in [4.69, 9.17) is 0 Å². The van der Waals surface area contributed by atoms with Gasteiger partial charge < -0.3 is 4.74 Å². The Morgan fingerprint density at radius 2 is 1.62 bits per heavy atom. The maximum Gasteiger partial charge on any atom is 0.305 e. The van der Waals surface area contributed by atoms with E-state index in [1.54, 1.807) is 0 Å². The average molecular weight is 226 g/mol. The molecule has 0 spiro atoms. The highest BCUT2D eigenvalue weighted by Crippen LogP contribution is 2.22. The molecule has 0 N–H and O–H groups in total. The zero-order valence-corrected chi connectivity index (χ0v) is 10.8. The molecule has 0 amide bonds. The molecule has 0 rings (SSSR count). The topological polar surface area (TPSA) is 43.4 Å². The highest BCUT2D eigenvalue weighted by molar-refractivity contribution is 5.98. The van der Waals surface area contributed by atoms with E-state index in [9.17, 15) is 9.59 Å². The lowest BCUT2D eigenvalue weighted by atomic mass is 9.85. The van der Waals surface area contributed by atoms with Gasteiger partial charge in [0.05, 0.1) is 7.11 Å². The monoisotopic (exact) mass is 226 g/mol. The molecule has 0 atom stereocenters. The van der Waals surface area contributed by atoms with Gasteiger partial charge in [0.1, 0.15) is 0 Å². The minimum atomic E-state index is -0.362. The van der Waals surface area contributed by atoms with Crippen molar-refractivity contribution in [1.82, 2.24) is 0 Å². The number of hydrogen-bond acceptors (Lipinski definition) is 3. The fourth-order valence-corrected chi connectivity index (χ4v) is 1.35. The Kier molecular flexibility index (Phi) is 6.01. The van der Waals surface area contributed by atoms with Gasteiger partial charge in [-0.05, 0) is 24.8 Å². The number of hydrogen-bond donors (Lipinski definition) is 0. The number of Topliss-reactive ketones (excluding diaryl/α,β-unsaturated/α-hetero) is 1. The summed E-state index contributed by atoms with van der Waals surface area (Å²) in [4.78, 5) is 22.6. The molecule has 3 heteroatoms. The van der Waals surface area contributed by atoms with Crippen LogP contribution in [0.25, 0.3) is 0 Å². The molecule has 92 valence electrons. The largest absolute Gasteiger partial charge is 0.469 e. The second kappa shape index (κ2) is 6.46. The summed E-state index contributed by atoms with van der Waals surface area (Å²) in [6.07, 6.45) is 2.61. The Morgan fingerprint density at radius 1 is 1.12 bits per heavy atom. The van der Waals surface area contributed by atoms with Crippen LogP contribution in [0.5, 0.6) is 0 Å². The quantitative estimate of drug-likeness (QED) is 0.397. The SMILES string of the molecule is C=C(CCCCC(=O)OC)C(=O)C(C)(C)C. The minimum absolute atomic E-state index is 0.102. The molecule has 0 aromatic heterocycles. The molecule has 0 bridgehead atoms. The molecule has 0 aromatic carbocycles. The maximum absolute atomic E-state index is 11.8. The van der Waals surface area contributed by atoms with Gasteiger partial charge in [-0.2, -0.15) is 0 Å². The molecular formula is C13H22O3. The van der Waals surface area contributed by atoms with Gasteiger partial charge in [-0.3, -0.25) is 9.59 Å². The van der Waals surface area contributed by atoms with Crippen molar-refractivity contribution in [2.24, 2.45) is 5.41 Å². The predicted octanol–water partition coefficient (Wildman–Crippen LogP) is 2.89. The second-order valence-electron chi connectivity index (χ2n) is 4.97. The Morgan fingerprint density at radius 3 is 2.06 bits per heavy atom. The molecule has 0 aliphatic carbocycles. The molecule has 0 radical (unpaired) electrons. The molecule has 0 aromatic rings. The van der Waals surface area contributed by atoms with Crippen LogP contribution in [-0.2, 0) is 14.3 Å². The summed E-state index contributed by atoms with van der Waals surface area (Å²) >= 11 is 0. The van der Waals surface area contributed by atoms with Crippen LogP contribution in [0.4, 0.5) is 0 Å². The number of methoxy groups -OCH3 is 1. The fraction of sp³-hybridized carbons (Fsp3) is 0.692. The minimum Gasteiger partial charge on any atom is -0.469 e. The maximum atomic E-state index is 11.8. The summed E-state index contributed by atoms with van der Waals surface area (Å²) in [7, 11) is 1.38. The Balaban J connectivity index is 3.83. The summed E-state index contributed by atoms with van der Waals surface area (Å²) in [6.45, 7) is 9.44. The van der Waals surface area contributed by atoms with Gasteiger partial charge in [-0.25, -0.2) is 0 Å². The third-order valence-corrected chi connectivity index (χ3v) is 2.34. The van der Waals surface area contributed by atoms with E-state index in [1.807, 2.05) is 20.8 Å². The first-order chi connectivity index (χ1) is 7.29. The van der Waals surface area contributed by atoms with Crippen molar-refractivity contribution < 1.29 is 14.3 Å². The van der Waals surface area contributed by atoms with Crippen LogP contribution < -0.4 is 0 Å². The first kappa shape index (κ1) is 14.9. The van der Waals surface area contributed by atoms with Crippen molar-refractivity contribution in [3.8, 4) is 0 Å². The molecule has 0 aliphatic rings. The third-order valence-electron chi connectivity index (χ3n) is 2.34. The van der Waals surface area contributed by atoms with Gasteiger partial charge in [0.15, 0.2) is 5.78 Å². The lowest BCUT2D eigenvalue weighted by Crippen LogP contribution is -2.21. The van der Waals surface area contributed by atoms with Gasteiger partial charge >= 0.3 is 5.97 Å². The van der Waals surface area contributed by atoms with E-state index in [2.05, 4.69) is 11.3 Å². The van der Waals surface area contributed by atoms with Crippen LogP contribution >= 0.6 is 0 Å². The summed E-state index contributed by atoms with van der Waals surface area (Å²) in [5.41, 5.74) is 0.289. The van der Waals surface area contributed by atoms with Crippen LogP contribution in [-0.4, -0.2) is 18.9 Å². The van der Waals surface area contributed by atoms with Crippen molar-refractivity contribution in [1.29, 1.82) is 0 Å². The lowest BCUT2D eigenvalue weighted by molar-refractivity contribution is -0.140. The van der Waals surface area contributed by atoms with Gasteiger partial charge in [0.25, 0.3) is 0 Å². The normalized spacial score (nSPS) is 11.0. The first-order valence-corrected chi connectivity index (χ1v) is 5.58. The van der Waals surface area contributed by atoms with Crippen LogP contribution in [0.3, 0.4) is 0 Å². The van der Waals surface area contributed by atoms with E-state index in [1.165, 1.54) is 7.11 Å². The first-order valence-electron chi connectivity index (χ1n) is 5.58. The zero-order valence-electron chi connectivity index (χ0n) is 10.8. The Hall–Kier alpha value is -1.12. The van der Waals surface area contributed by atoms with Crippen molar-refractivity contribution in [3.05, 3.63) is 12.2 Å². The lowest BCUT2D eigenvalue weighted by Gasteiger charge is -2.17. The van der Waals surface area contributed by atoms with E-state index in [-0.39, 0.29) is 17.2 Å². The highest BCUT2D eigenvalue weighted by atomic mass is 16.5. The van der Waals surface area contributed by atoms with E-state index in [0.717, 1.165) is 12.8 Å². The molecule has 0 fully saturated rings. The van der Waals surface area contributed by atoms with Crippen LogP contribution in [0, 0.1) is 5.41 Å². The van der Waals surface area contributed by atoms with Crippen LogP contribution in [0.2, 0.25) is 0 Å². The summed E-state index contributed by atoms with van der Waals surface area (Å²) in [5, 5.41) is 0. The van der Waals surface area contributed by atoms with Gasteiger partial charge in [0, 0.05) is 11.8 Å². The smallest absolute Gasteiger partial charge is 0.305 e. The molecule has 3 nitrogen and oxygen atoms in total. The third kappa shape index (κ3) is 5.69. The molecule has 0 saturated carbocycles. The molecule has 0 saturated heterocycles. The van der Waals surface area contributed by atoms with Crippen LogP contribution in [0.1, 0.15) is 46.5 Å². The Labute approximate surface area is 97.9 Å². The van der Waals surface area contributed by atoms with E-state index in [0.29, 0.717) is 18.4 Å². The number of carbonyl (C=O) groups is 2. The number of carbonyl (C=O) groups excluding carboxylic acids is 2. The standard InChI is InChI=1S/C13H22O3/c1-10(12(15)13(2,3)4)8-6-7-9-11(14)16-5/h1,6-9H2,2-5H3. The number of ether oxygens (including phenoxy) is 1. The second-order valence-corrected chi connectivity index (χ2v) is 4.97. The fourth-order valence-electron chi connectivity index (χ4n) is 1.35. The van der Waals surface area contributed by atoms with Gasteiger partial charge in [-0.15, -0.1) is 0 Å². The van der Waals surface area contributed by atoms with Crippen molar-refractivity contribution in [2.75, 3.05) is 7.11 Å². The van der Waals surface area contributed by atoms with Crippen molar-refractivity contribution in [2.45, 2.75) is 46.5 Å². The van der Waals surface area contributed by atoms with E-state index < -0.39 is 0 Å². The molecular weight excluding hydrogens is 204 g/mol. The van der Waals surface area contributed by atoms with E-state index >= 15 is 0 Å². The predicted molar refractivity (Wildman–Crippen MR) is 64.1 cm³/mol. The molecule has 0 unspecified atom stereocenters. The van der Waals surface area contributed by atoms with Gasteiger partial charge in [0.2, 0.25) is 0 Å². The number of esters is 1.